The lowest BCUT2D eigenvalue weighted by Gasteiger charge is -2.21. The number of hydrogen-bond acceptors (Lipinski definition) is 5. The molecule has 1 fully saturated rings. The summed E-state index contributed by atoms with van der Waals surface area (Å²) < 4.78 is 16.0. The fourth-order valence-corrected chi connectivity index (χ4v) is 1.92. The van der Waals surface area contributed by atoms with Gasteiger partial charge in [-0.05, 0) is 18.6 Å². The van der Waals surface area contributed by atoms with Gasteiger partial charge in [-0.15, -0.1) is 0 Å². The summed E-state index contributed by atoms with van der Waals surface area (Å²) >= 11 is 0. The van der Waals surface area contributed by atoms with Gasteiger partial charge in [0, 0.05) is 6.54 Å². The van der Waals surface area contributed by atoms with Crippen LogP contribution in [0.1, 0.15) is 6.42 Å². The predicted octanol–water partition coefficient (Wildman–Crippen LogP) is 1.85. The average Bonchev–Trinajstić information content (AvgIpc) is 2.90. The fraction of sp³-hybridized carbons (Fsp3) is 0.500. The zero-order valence-electron chi connectivity index (χ0n) is 10.4. The van der Waals surface area contributed by atoms with Crippen molar-refractivity contribution in [3.05, 3.63) is 12.1 Å². The number of benzene rings is 1. The number of hydrogen-bond donors (Lipinski definition) is 0. The number of nitrogens with zero attached hydrogens (tertiary/aromatic N) is 1. The molecule has 0 amide bonds. The standard InChI is InChI=1S/C12H17NO4/c1-14-10-6-5-9(13-7-4-8-17-13)11(15-2)12(10)16-3/h5-6H,4,7-8H2,1-3H3. The van der Waals surface area contributed by atoms with Gasteiger partial charge in [0.2, 0.25) is 5.75 Å². The molecule has 94 valence electrons. The quantitative estimate of drug-likeness (QED) is 0.802. The lowest BCUT2D eigenvalue weighted by molar-refractivity contribution is 0.166. The number of rotatable bonds is 4. The summed E-state index contributed by atoms with van der Waals surface area (Å²) in [7, 11) is 4.80. The van der Waals surface area contributed by atoms with Crippen LogP contribution in [0.4, 0.5) is 5.69 Å². The predicted molar refractivity (Wildman–Crippen MR) is 64.0 cm³/mol. The first kappa shape index (κ1) is 11.9. The highest BCUT2D eigenvalue weighted by atomic mass is 16.7. The third-order valence-electron chi connectivity index (χ3n) is 2.70. The third-order valence-corrected chi connectivity index (χ3v) is 2.70. The molecule has 1 saturated heterocycles. The van der Waals surface area contributed by atoms with Crippen LogP contribution in [0.25, 0.3) is 0 Å². The second kappa shape index (κ2) is 5.14. The summed E-state index contributed by atoms with van der Waals surface area (Å²) in [5, 5.41) is 1.82. The van der Waals surface area contributed by atoms with E-state index in [9.17, 15) is 0 Å². The maximum Gasteiger partial charge on any atom is 0.205 e. The van der Waals surface area contributed by atoms with E-state index < -0.39 is 0 Å². The van der Waals surface area contributed by atoms with Crippen molar-refractivity contribution in [3.8, 4) is 17.2 Å². The lowest BCUT2D eigenvalue weighted by Crippen LogP contribution is -2.17. The van der Waals surface area contributed by atoms with E-state index in [2.05, 4.69) is 0 Å². The van der Waals surface area contributed by atoms with Crippen molar-refractivity contribution in [2.24, 2.45) is 0 Å². The lowest BCUT2D eigenvalue weighted by atomic mass is 10.2. The monoisotopic (exact) mass is 239 g/mol. The molecule has 1 aromatic carbocycles. The first-order valence-electron chi connectivity index (χ1n) is 5.51. The largest absolute Gasteiger partial charge is 0.493 e. The van der Waals surface area contributed by atoms with Gasteiger partial charge in [0.05, 0.1) is 27.9 Å². The molecule has 0 aliphatic carbocycles. The molecule has 0 radical (unpaired) electrons. The first-order valence-corrected chi connectivity index (χ1v) is 5.51. The van der Waals surface area contributed by atoms with Crippen molar-refractivity contribution in [2.45, 2.75) is 6.42 Å². The zero-order valence-corrected chi connectivity index (χ0v) is 10.4. The molecule has 0 N–H and O–H groups in total. The molecule has 0 unspecified atom stereocenters. The Morgan fingerprint density at radius 3 is 2.35 bits per heavy atom. The highest BCUT2D eigenvalue weighted by Crippen LogP contribution is 2.44. The maximum atomic E-state index is 5.51. The van der Waals surface area contributed by atoms with Gasteiger partial charge in [0.1, 0.15) is 5.69 Å². The van der Waals surface area contributed by atoms with Crippen molar-refractivity contribution in [3.63, 3.8) is 0 Å². The summed E-state index contributed by atoms with van der Waals surface area (Å²) in [6.45, 7) is 1.59. The van der Waals surface area contributed by atoms with Crippen LogP contribution >= 0.6 is 0 Å². The Labute approximate surface area is 101 Å². The van der Waals surface area contributed by atoms with Gasteiger partial charge in [-0.1, -0.05) is 0 Å². The molecule has 5 nitrogen and oxygen atoms in total. The van der Waals surface area contributed by atoms with E-state index in [4.69, 9.17) is 19.0 Å². The molecule has 1 aliphatic heterocycles. The van der Waals surface area contributed by atoms with Crippen molar-refractivity contribution in [2.75, 3.05) is 39.5 Å². The molecule has 2 rings (SSSR count). The van der Waals surface area contributed by atoms with Crippen molar-refractivity contribution >= 4 is 5.69 Å². The molecule has 1 aliphatic rings. The van der Waals surface area contributed by atoms with Gasteiger partial charge >= 0.3 is 0 Å². The van der Waals surface area contributed by atoms with Crippen molar-refractivity contribution < 1.29 is 19.0 Å². The molecule has 0 aromatic heterocycles. The van der Waals surface area contributed by atoms with Crippen LogP contribution in [0.2, 0.25) is 0 Å². The first-order chi connectivity index (χ1) is 8.31. The maximum absolute atomic E-state index is 5.51. The number of hydroxylamine groups is 1. The second-order valence-corrected chi connectivity index (χ2v) is 3.64. The Bertz CT molecular complexity index is 388. The topological polar surface area (TPSA) is 40.2 Å². The molecular weight excluding hydrogens is 222 g/mol. The van der Waals surface area contributed by atoms with Gasteiger partial charge in [0.25, 0.3) is 0 Å². The highest BCUT2D eigenvalue weighted by Gasteiger charge is 2.22. The Morgan fingerprint density at radius 1 is 1.06 bits per heavy atom. The van der Waals surface area contributed by atoms with E-state index in [-0.39, 0.29) is 0 Å². The fourth-order valence-electron chi connectivity index (χ4n) is 1.92. The molecule has 17 heavy (non-hydrogen) atoms. The van der Waals surface area contributed by atoms with Gasteiger partial charge < -0.3 is 14.2 Å². The number of methoxy groups -OCH3 is 3. The molecule has 1 heterocycles. The van der Waals surface area contributed by atoms with Crippen LogP contribution < -0.4 is 19.3 Å². The molecule has 1 aromatic rings. The van der Waals surface area contributed by atoms with Crippen molar-refractivity contribution in [1.29, 1.82) is 0 Å². The number of ether oxygens (including phenoxy) is 3. The Kier molecular flexibility index (Phi) is 3.58. The Hall–Kier alpha value is -1.62. The van der Waals surface area contributed by atoms with E-state index in [0.29, 0.717) is 17.2 Å². The summed E-state index contributed by atoms with van der Waals surface area (Å²) in [6, 6.07) is 3.75. The van der Waals surface area contributed by atoms with Gasteiger partial charge in [0.15, 0.2) is 11.5 Å². The normalized spacial score (nSPS) is 14.9. The second-order valence-electron chi connectivity index (χ2n) is 3.64. The molecular formula is C12H17NO4. The Morgan fingerprint density at radius 2 is 1.82 bits per heavy atom. The molecule has 0 saturated carbocycles. The zero-order chi connectivity index (χ0) is 12.3. The van der Waals surface area contributed by atoms with Crippen LogP contribution in [-0.2, 0) is 4.84 Å². The Balaban J connectivity index is 2.44. The smallest absolute Gasteiger partial charge is 0.205 e. The van der Waals surface area contributed by atoms with E-state index in [1.807, 2.05) is 17.2 Å². The van der Waals surface area contributed by atoms with E-state index in [1.165, 1.54) is 0 Å². The van der Waals surface area contributed by atoms with Crippen LogP contribution in [-0.4, -0.2) is 34.5 Å². The van der Waals surface area contributed by atoms with E-state index >= 15 is 0 Å². The number of anilines is 1. The minimum Gasteiger partial charge on any atom is -0.493 e. The van der Waals surface area contributed by atoms with Gasteiger partial charge in [-0.25, -0.2) is 0 Å². The minimum absolute atomic E-state index is 0.586. The van der Waals surface area contributed by atoms with Gasteiger partial charge in [-0.2, -0.15) is 0 Å². The van der Waals surface area contributed by atoms with Crippen LogP contribution in [0.15, 0.2) is 12.1 Å². The molecule has 0 bridgehead atoms. The summed E-state index contributed by atoms with van der Waals surface area (Å²) in [5.74, 6) is 1.86. The third kappa shape index (κ3) is 2.10. The van der Waals surface area contributed by atoms with Gasteiger partial charge in [-0.3, -0.25) is 9.90 Å². The van der Waals surface area contributed by atoms with Crippen molar-refractivity contribution in [1.82, 2.24) is 0 Å². The molecule has 5 heteroatoms. The van der Waals surface area contributed by atoms with E-state index in [0.717, 1.165) is 25.3 Å². The van der Waals surface area contributed by atoms with Crippen LogP contribution in [0.5, 0.6) is 17.2 Å². The van der Waals surface area contributed by atoms with Crippen LogP contribution in [0.3, 0.4) is 0 Å². The summed E-state index contributed by atoms with van der Waals surface area (Å²) in [6.07, 6.45) is 1.01. The summed E-state index contributed by atoms with van der Waals surface area (Å²) in [5.41, 5.74) is 0.864. The SMILES string of the molecule is COc1ccc(N2CCCO2)c(OC)c1OC. The highest BCUT2D eigenvalue weighted by molar-refractivity contribution is 5.68. The van der Waals surface area contributed by atoms with Crippen LogP contribution in [0, 0.1) is 0 Å². The average molecular weight is 239 g/mol. The molecule has 0 atom stereocenters. The van der Waals surface area contributed by atoms with E-state index in [1.54, 1.807) is 21.3 Å². The molecule has 0 spiro atoms. The summed E-state index contributed by atoms with van der Waals surface area (Å²) in [4.78, 5) is 5.51. The minimum atomic E-state index is 0.586.